The minimum atomic E-state index is -0.284. The summed E-state index contributed by atoms with van der Waals surface area (Å²) in [4.78, 5) is 0. The molecule has 2 rings (SSSR count). The van der Waals surface area contributed by atoms with E-state index in [4.69, 9.17) is 15.2 Å². The van der Waals surface area contributed by atoms with E-state index in [1.807, 2.05) is 25.1 Å². The molecule has 20 heavy (non-hydrogen) atoms. The third-order valence-electron chi connectivity index (χ3n) is 3.06. The van der Waals surface area contributed by atoms with Crippen LogP contribution in [-0.2, 0) is 0 Å². The van der Waals surface area contributed by atoms with Gasteiger partial charge >= 0.3 is 0 Å². The quantitative estimate of drug-likeness (QED) is 0.918. The van der Waals surface area contributed by atoms with E-state index in [2.05, 4.69) is 0 Å². The van der Waals surface area contributed by atoms with Gasteiger partial charge in [0.05, 0.1) is 12.7 Å². The number of hydrogen-bond donors (Lipinski definition) is 1. The maximum Gasteiger partial charge on any atom is 0.135 e. The van der Waals surface area contributed by atoms with Crippen LogP contribution in [0, 0.1) is 12.7 Å². The van der Waals surface area contributed by atoms with E-state index >= 15 is 0 Å². The molecule has 0 spiro atoms. The predicted octanol–water partition coefficient (Wildman–Crippen LogP) is 3.95. The van der Waals surface area contributed by atoms with Crippen LogP contribution in [0.2, 0.25) is 0 Å². The smallest absolute Gasteiger partial charge is 0.135 e. The number of aryl methyl sites for hydroxylation is 1. The molecule has 2 aromatic carbocycles. The second-order valence-electron chi connectivity index (χ2n) is 4.67. The lowest BCUT2D eigenvalue weighted by Gasteiger charge is -2.18. The van der Waals surface area contributed by atoms with E-state index < -0.39 is 0 Å². The Labute approximate surface area is 118 Å². The van der Waals surface area contributed by atoms with Gasteiger partial charge in [0.15, 0.2) is 0 Å². The SMILES string of the molecule is COc1cccc(Oc2ccc(F)cc2C)c1[C@@H](C)N. The van der Waals surface area contributed by atoms with Gasteiger partial charge in [-0.1, -0.05) is 6.07 Å². The van der Waals surface area contributed by atoms with Crippen molar-refractivity contribution in [2.24, 2.45) is 5.73 Å². The number of halogens is 1. The average Bonchev–Trinajstić information content (AvgIpc) is 2.41. The Hall–Kier alpha value is -2.07. The highest BCUT2D eigenvalue weighted by Gasteiger charge is 2.15. The topological polar surface area (TPSA) is 44.5 Å². The fourth-order valence-corrected chi connectivity index (χ4v) is 2.09. The summed E-state index contributed by atoms with van der Waals surface area (Å²) in [6, 6.07) is 9.66. The van der Waals surface area contributed by atoms with Gasteiger partial charge in [0.2, 0.25) is 0 Å². The van der Waals surface area contributed by atoms with Crippen molar-refractivity contribution >= 4 is 0 Å². The van der Waals surface area contributed by atoms with E-state index in [1.54, 1.807) is 20.1 Å². The molecule has 0 unspecified atom stereocenters. The summed E-state index contributed by atoms with van der Waals surface area (Å²) in [5, 5.41) is 0. The van der Waals surface area contributed by atoms with Crippen LogP contribution in [-0.4, -0.2) is 7.11 Å². The number of methoxy groups -OCH3 is 1. The number of rotatable bonds is 4. The largest absolute Gasteiger partial charge is 0.496 e. The van der Waals surface area contributed by atoms with Crippen LogP contribution < -0.4 is 15.2 Å². The molecule has 0 amide bonds. The first-order chi connectivity index (χ1) is 9.52. The molecule has 0 saturated heterocycles. The Balaban J connectivity index is 2.43. The molecule has 0 bridgehead atoms. The maximum atomic E-state index is 13.1. The summed E-state index contributed by atoms with van der Waals surface area (Å²) in [5.41, 5.74) is 7.50. The highest BCUT2D eigenvalue weighted by molar-refractivity contribution is 5.49. The van der Waals surface area contributed by atoms with Crippen molar-refractivity contribution in [1.82, 2.24) is 0 Å². The van der Waals surface area contributed by atoms with Crippen LogP contribution in [0.5, 0.6) is 17.2 Å². The van der Waals surface area contributed by atoms with E-state index in [-0.39, 0.29) is 11.9 Å². The minimum absolute atomic E-state index is 0.234. The van der Waals surface area contributed by atoms with Gasteiger partial charge in [-0.25, -0.2) is 4.39 Å². The highest BCUT2D eigenvalue weighted by atomic mass is 19.1. The van der Waals surface area contributed by atoms with Gasteiger partial charge in [-0.2, -0.15) is 0 Å². The summed E-state index contributed by atoms with van der Waals surface area (Å²) in [5.74, 6) is 1.61. The zero-order valence-corrected chi connectivity index (χ0v) is 11.8. The fourth-order valence-electron chi connectivity index (χ4n) is 2.09. The molecular weight excluding hydrogens is 257 g/mol. The Kier molecular flexibility index (Phi) is 4.25. The van der Waals surface area contributed by atoms with Crippen molar-refractivity contribution in [2.45, 2.75) is 19.9 Å². The first-order valence-corrected chi connectivity index (χ1v) is 6.39. The molecule has 2 N–H and O–H groups in total. The molecule has 0 fully saturated rings. The standard InChI is InChI=1S/C16H18FNO2/c1-10-9-12(17)7-8-13(10)20-15-6-4-5-14(19-3)16(15)11(2)18/h4-9,11H,18H2,1-3H3/t11-/m1/s1. The summed E-state index contributed by atoms with van der Waals surface area (Å²) >= 11 is 0. The third-order valence-corrected chi connectivity index (χ3v) is 3.06. The number of ether oxygens (including phenoxy) is 2. The zero-order chi connectivity index (χ0) is 14.7. The van der Waals surface area contributed by atoms with Gasteiger partial charge in [0.1, 0.15) is 23.1 Å². The van der Waals surface area contributed by atoms with E-state index in [9.17, 15) is 4.39 Å². The van der Waals surface area contributed by atoms with Gasteiger partial charge in [-0.3, -0.25) is 0 Å². The Morgan fingerprint density at radius 1 is 1.10 bits per heavy atom. The first-order valence-electron chi connectivity index (χ1n) is 6.39. The van der Waals surface area contributed by atoms with Crippen LogP contribution >= 0.6 is 0 Å². The lowest BCUT2D eigenvalue weighted by atomic mass is 10.1. The molecule has 3 nitrogen and oxygen atoms in total. The van der Waals surface area contributed by atoms with Crippen molar-refractivity contribution in [1.29, 1.82) is 0 Å². The molecule has 2 aromatic rings. The normalized spacial score (nSPS) is 12.1. The average molecular weight is 275 g/mol. The predicted molar refractivity (Wildman–Crippen MR) is 76.8 cm³/mol. The van der Waals surface area contributed by atoms with Gasteiger partial charge in [0.25, 0.3) is 0 Å². The van der Waals surface area contributed by atoms with Crippen LogP contribution in [0.15, 0.2) is 36.4 Å². The lowest BCUT2D eigenvalue weighted by Crippen LogP contribution is -2.08. The van der Waals surface area contributed by atoms with Crippen molar-refractivity contribution in [2.75, 3.05) is 7.11 Å². The number of nitrogens with two attached hydrogens (primary N) is 1. The van der Waals surface area contributed by atoms with Gasteiger partial charge < -0.3 is 15.2 Å². The summed E-state index contributed by atoms with van der Waals surface area (Å²) in [6.07, 6.45) is 0. The van der Waals surface area contributed by atoms with Gasteiger partial charge in [-0.15, -0.1) is 0 Å². The van der Waals surface area contributed by atoms with Crippen LogP contribution in [0.3, 0.4) is 0 Å². The molecule has 0 aromatic heterocycles. The monoisotopic (exact) mass is 275 g/mol. The Morgan fingerprint density at radius 3 is 2.40 bits per heavy atom. The van der Waals surface area contributed by atoms with Crippen molar-refractivity contribution < 1.29 is 13.9 Å². The van der Waals surface area contributed by atoms with Gasteiger partial charge in [-0.05, 0) is 49.7 Å². The van der Waals surface area contributed by atoms with Crippen molar-refractivity contribution in [3.05, 3.63) is 53.3 Å². The van der Waals surface area contributed by atoms with Crippen LogP contribution in [0.1, 0.15) is 24.1 Å². The molecular formula is C16H18FNO2. The first kappa shape index (κ1) is 14.3. The molecule has 1 atom stereocenters. The third kappa shape index (κ3) is 2.91. The lowest BCUT2D eigenvalue weighted by molar-refractivity contribution is 0.397. The molecule has 0 heterocycles. The fraction of sp³-hybridized carbons (Fsp3) is 0.250. The van der Waals surface area contributed by atoms with E-state index in [0.717, 1.165) is 11.1 Å². The molecule has 0 radical (unpaired) electrons. The Bertz CT molecular complexity index is 611. The van der Waals surface area contributed by atoms with Gasteiger partial charge in [0, 0.05) is 6.04 Å². The molecule has 0 aliphatic rings. The van der Waals surface area contributed by atoms with Crippen LogP contribution in [0.4, 0.5) is 4.39 Å². The molecule has 0 aliphatic heterocycles. The second-order valence-corrected chi connectivity index (χ2v) is 4.67. The Morgan fingerprint density at radius 2 is 1.80 bits per heavy atom. The maximum absolute atomic E-state index is 13.1. The second kappa shape index (κ2) is 5.92. The van der Waals surface area contributed by atoms with Crippen LogP contribution in [0.25, 0.3) is 0 Å². The van der Waals surface area contributed by atoms with E-state index in [1.165, 1.54) is 12.1 Å². The number of hydrogen-bond acceptors (Lipinski definition) is 3. The highest BCUT2D eigenvalue weighted by Crippen LogP contribution is 2.36. The van der Waals surface area contributed by atoms with E-state index in [0.29, 0.717) is 17.2 Å². The molecule has 106 valence electrons. The summed E-state index contributed by atoms with van der Waals surface area (Å²) < 4.78 is 24.3. The van der Waals surface area contributed by atoms with Crippen molar-refractivity contribution in [3.8, 4) is 17.2 Å². The minimum Gasteiger partial charge on any atom is -0.496 e. The molecule has 4 heteroatoms. The van der Waals surface area contributed by atoms with Crippen molar-refractivity contribution in [3.63, 3.8) is 0 Å². The zero-order valence-electron chi connectivity index (χ0n) is 11.8. The summed E-state index contributed by atoms with van der Waals surface area (Å²) in [6.45, 7) is 3.66. The molecule has 0 aliphatic carbocycles. The molecule has 0 saturated carbocycles. The summed E-state index contributed by atoms with van der Waals surface area (Å²) in [7, 11) is 1.59. The number of benzene rings is 2.